The monoisotopic (exact) mass is 398 g/mol. The lowest BCUT2D eigenvalue weighted by molar-refractivity contribution is -0.139. The van der Waals surface area contributed by atoms with Crippen molar-refractivity contribution in [3.63, 3.8) is 0 Å². The van der Waals surface area contributed by atoms with Crippen LogP contribution < -0.4 is 18.9 Å². The molecule has 0 unspecified atom stereocenters. The number of hydrogen-bond donors (Lipinski definition) is 0. The van der Waals surface area contributed by atoms with E-state index >= 15 is 0 Å². The number of fused-ring (bicyclic) bond motifs is 1. The summed E-state index contributed by atoms with van der Waals surface area (Å²) in [6.07, 6.45) is -0.539. The third-order valence-electron chi connectivity index (χ3n) is 5.23. The Balaban J connectivity index is 1.27. The Hall–Kier alpha value is -2.93. The quantitative estimate of drug-likeness (QED) is 0.745. The van der Waals surface area contributed by atoms with E-state index in [0.717, 1.165) is 31.1 Å². The van der Waals surface area contributed by atoms with Crippen molar-refractivity contribution in [2.75, 3.05) is 40.1 Å². The first-order valence-electron chi connectivity index (χ1n) is 9.83. The maximum atomic E-state index is 12.8. The minimum Gasteiger partial charge on any atom is -0.497 e. The maximum absolute atomic E-state index is 12.8. The lowest BCUT2D eigenvalue weighted by Gasteiger charge is -2.35. The molecule has 0 aliphatic carbocycles. The minimum atomic E-state index is -0.539. The molecule has 7 heteroatoms. The van der Waals surface area contributed by atoms with Crippen LogP contribution in [0.5, 0.6) is 23.0 Å². The summed E-state index contributed by atoms with van der Waals surface area (Å²) in [6, 6.07) is 13.4. The highest BCUT2D eigenvalue weighted by atomic mass is 16.7. The van der Waals surface area contributed by atoms with E-state index in [0.29, 0.717) is 24.6 Å². The third kappa shape index (κ3) is 4.56. The van der Waals surface area contributed by atoms with Crippen molar-refractivity contribution in [1.29, 1.82) is 0 Å². The number of methoxy groups -OCH3 is 1. The Labute approximate surface area is 170 Å². The predicted molar refractivity (Wildman–Crippen MR) is 108 cm³/mol. The molecule has 2 aromatic rings. The van der Waals surface area contributed by atoms with Crippen molar-refractivity contribution in [1.82, 2.24) is 9.80 Å². The van der Waals surface area contributed by atoms with Crippen LogP contribution in [-0.2, 0) is 11.3 Å². The normalized spacial score (nSPS) is 17.1. The van der Waals surface area contributed by atoms with Gasteiger partial charge in [0, 0.05) is 38.8 Å². The molecular weight excluding hydrogens is 372 g/mol. The second-order valence-electron chi connectivity index (χ2n) is 7.23. The van der Waals surface area contributed by atoms with Crippen molar-refractivity contribution in [3.8, 4) is 23.0 Å². The van der Waals surface area contributed by atoms with E-state index in [2.05, 4.69) is 11.0 Å². The first-order chi connectivity index (χ1) is 14.1. The van der Waals surface area contributed by atoms with Crippen LogP contribution in [0.4, 0.5) is 0 Å². The van der Waals surface area contributed by atoms with Crippen molar-refractivity contribution >= 4 is 5.91 Å². The summed E-state index contributed by atoms with van der Waals surface area (Å²) in [5, 5.41) is 0. The van der Waals surface area contributed by atoms with Gasteiger partial charge < -0.3 is 23.8 Å². The van der Waals surface area contributed by atoms with Gasteiger partial charge in [-0.25, -0.2) is 0 Å². The molecule has 2 heterocycles. The zero-order chi connectivity index (χ0) is 20.2. The first-order valence-corrected chi connectivity index (χ1v) is 9.83. The van der Waals surface area contributed by atoms with E-state index in [1.807, 2.05) is 35.2 Å². The van der Waals surface area contributed by atoms with Crippen LogP contribution in [-0.4, -0.2) is 61.9 Å². The summed E-state index contributed by atoms with van der Waals surface area (Å²) in [7, 11) is 1.61. The highest BCUT2D eigenvalue weighted by Gasteiger charge is 2.26. The molecule has 1 atom stereocenters. The Morgan fingerprint density at radius 2 is 1.79 bits per heavy atom. The number of piperazine rings is 1. The van der Waals surface area contributed by atoms with Gasteiger partial charge in [-0.2, -0.15) is 0 Å². The summed E-state index contributed by atoms with van der Waals surface area (Å²) in [4.78, 5) is 17.0. The number of ether oxygens (including phenoxy) is 4. The molecule has 0 bridgehead atoms. The second-order valence-corrected chi connectivity index (χ2v) is 7.23. The summed E-state index contributed by atoms with van der Waals surface area (Å²) in [6.45, 7) is 5.94. The average Bonchev–Trinajstić information content (AvgIpc) is 3.22. The Morgan fingerprint density at radius 3 is 2.59 bits per heavy atom. The molecule has 154 valence electrons. The molecular formula is C22H26N2O5. The van der Waals surface area contributed by atoms with Crippen LogP contribution in [0.1, 0.15) is 12.5 Å². The van der Waals surface area contributed by atoms with Crippen LogP contribution >= 0.6 is 0 Å². The number of amides is 1. The third-order valence-corrected chi connectivity index (χ3v) is 5.23. The van der Waals surface area contributed by atoms with Crippen molar-refractivity contribution in [3.05, 3.63) is 48.0 Å². The minimum absolute atomic E-state index is 0.00977. The number of benzene rings is 2. The van der Waals surface area contributed by atoms with Gasteiger partial charge in [0.1, 0.15) is 11.5 Å². The summed E-state index contributed by atoms with van der Waals surface area (Å²) >= 11 is 0. The Bertz CT molecular complexity index is 864. The van der Waals surface area contributed by atoms with E-state index in [9.17, 15) is 4.79 Å². The van der Waals surface area contributed by atoms with Gasteiger partial charge in [-0.05, 0) is 36.8 Å². The number of hydrogen-bond acceptors (Lipinski definition) is 6. The molecule has 2 aliphatic heterocycles. The number of carbonyl (C=O) groups excluding carboxylic acids is 1. The second kappa shape index (κ2) is 8.61. The van der Waals surface area contributed by atoms with Crippen LogP contribution in [0.25, 0.3) is 0 Å². The molecule has 0 N–H and O–H groups in total. The van der Waals surface area contributed by atoms with Crippen molar-refractivity contribution < 1.29 is 23.7 Å². The van der Waals surface area contributed by atoms with Crippen LogP contribution in [0.2, 0.25) is 0 Å². The zero-order valence-electron chi connectivity index (χ0n) is 16.8. The van der Waals surface area contributed by atoms with E-state index in [-0.39, 0.29) is 12.7 Å². The fraction of sp³-hybridized carbons (Fsp3) is 0.409. The zero-order valence-corrected chi connectivity index (χ0v) is 16.8. The molecule has 0 saturated carbocycles. The van der Waals surface area contributed by atoms with Crippen LogP contribution in [0, 0.1) is 0 Å². The molecule has 7 nitrogen and oxygen atoms in total. The van der Waals surface area contributed by atoms with Crippen LogP contribution in [0.15, 0.2) is 42.5 Å². The highest BCUT2D eigenvalue weighted by molar-refractivity contribution is 5.81. The van der Waals surface area contributed by atoms with Gasteiger partial charge >= 0.3 is 0 Å². The van der Waals surface area contributed by atoms with Gasteiger partial charge in [0.15, 0.2) is 17.6 Å². The largest absolute Gasteiger partial charge is 0.497 e. The first kappa shape index (κ1) is 19.4. The molecule has 0 radical (unpaired) electrons. The Kier molecular flexibility index (Phi) is 5.76. The van der Waals surface area contributed by atoms with Gasteiger partial charge in [0.05, 0.1) is 7.11 Å². The van der Waals surface area contributed by atoms with E-state index in [1.54, 1.807) is 20.1 Å². The fourth-order valence-corrected chi connectivity index (χ4v) is 3.61. The lowest BCUT2D eigenvalue weighted by atomic mass is 10.1. The molecule has 4 rings (SSSR count). The van der Waals surface area contributed by atoms with Crippen LogP contribution in [0.3, 0.4) is 0 Å². The Morgan fingerprint density at radius 1 is 1.03 bits per heavy atom. The molecule has 0 spiro atoms. The van der Waals surface area contributed by atoms with Gasteiger partial charge in [0.25, 0.3) is 5.91 Å². The SMILES string of the molecule is COc1cccc(O[C@@H](C)C(=O)N2CCN(Cc3ccc4c(c3)OCO4)CC2)c1. The predicted octanol–water partition coefficient (Wildman–Crippen LogP) is 2.54. The van der Waals surface area contributed by atoms with Crippen molar-refractivity contribution in [2.45, 2.75) is 19.6 Å². The molecule has 1 fully saturated rings. The maximum Gasteiger partial charge on any atom is 0.263 e. The fourth-order valence-electron chi connectivity index (χ4n) is 3.61. The smallest absolute Gasteiger partial charge is 0.263 e. The highest BCUT2D eigenvalue weighted by Crippen LogP contribution is 2.32. The molecule has 1 saturated heterocycles. The summed E-state index contributed by atoms with van der Waals surface area (Å²) < 4.78 is 21.8. The standard InChI is InChI=1S/C22H26N2O5/c1-16(29-19-5-3-4-18(13-19)26-2)22(25)24-10-8-23(9-11-24)14-17-6-7-20-21(12-17)28-15-27-20/h3-7,12-13,16H,8-11,14-15H2,1-2H3/t16-/m0/s1. The van der Waals surface area contributed by atoms with Gasteiger partial charge in [-0.3, -0.25) is 9.69 Å². The van der Waals surface area contributed by atoms with E-state index in [4.69, 9.17) is 18.9 Å². The molecule has 0 aromatic heterocycles. The number of carbonyl (C=O) groups is 1. The van der Waals surface area contributed by atoms with E-state index in [1.165, 1.54) is 5.56 Å². The van der Waals surface area contributed by atoms with Crippen molar-refractivity contribution in [2.24, 2.45) is 0 Å². The van der Waals surface area contributed by atoms with E-state index < -0.39 is 6.10 Å². The summed E-state index contributed by atoms with van der Waals surface area (Å²) in [5.74, 6) is 2.95. The molecule has 2 aromatic carbocycles. The average molecular weight is 398 g/mol. The van der Waals surface area contributed by atoms with Gasteiger partial charge in [-0.15, -0.1) is 0 Å². The molecule has 1 amide bonds. The number of nitrogens with zero attached hydrogens (tertiary/aromatic N) is 2. The molecule has 2 aliphatic rings. The molecule has 29 heavy (non-hydrogen) atoms. The number of rotatable bonds is 6. The lowest BCUT2D eigenvalue weighted by Crippen LogP contribution is -2.51. The van der Waals surface area contributed by atoms with Gasteiger partial charge in [0.2, 0.25) is 6.79 Å². The summed E-state index contributed by atoms with van der Waals surface area (Å²) in [5.41, 5.74) is 1.18. The topological polar surface area (TPSA) is 60.5 Å². The van der Waals surface area contributed by atoms with Gasteiger partial charge in [-0.1, -0.05) is 12.1 Å².